The maximum Gasteiger partial charge on any atom is 0.418 e. The molecule has 0 unspecified atom stereocenters. The van der Waals surface area contributed by atoms with Crippen LogP contribution in [-0.2, 0) is 16.1 Å². The van der Waals surface area contributed by atoms with Crippen LogP contribution in [0.4, 0.5) is 9.59 Å². The van der Waals surface area contributed by atoms with Crippen LogP contribution < -0.4 is 11.5 Å². The second kappa shape index (κ2) is 8.63. The molecular formula is C14H19N3O5. The first-order chi connectivity index (χ1) is 10.4. The molecule has 8 nitrogen and oxygen atoms in total. The highest BCUT2D eigenvalue weighted by molar-refractivity contribution is 5.89. The molecule has 0 aliphatic rings. The van der Waals surface area contributed by atoms with E-state index in [1.165, 1.54) is 0 Å². The third-order valence-corrected chi connectivity index (χ3v) is 2.91. The summed E-state index contributed by atoms with van der Waals surface area (Å²) in [5, 5.41) is 8.65. The quantitative estimate of drug-likeness (QED) is 0.684. The highest BCUT2D eigenvalue weighted by Crippen LogP contribution is 2.05. The second-order valence-electron chi connectivity index (χ2n) is 4.62. The van der Waals surface area contributed by atoms with Gasteiger partial charge in [0.2, 0.25) is 0 Å². The smallest absolute Gasteiger partial charge is 0.418 e. The number of rotatable bonds is 7. The number of nitrogens with zero attached hydrogens (tertiary/aromatic N) is 1. The van der Waals surface area contributed by atoms with Gasteiger partial charge in [0.25, 0.3) is 0 Å². The van der Waals surface area contributed by atoms with Crippen LogP contribution in [-0.4, -0.2) is 40.7 Å². The molecule has 1 aromatic rings. The number of amides is 3. The van der Waals surface area contributed by atoms with Gasteiger partial charge in [-0.25, -0.2) is 14.5 Å². The van der Waals surface area contributed by atoms with E-state index in [2.05, 4.69) is 0 Å². The minimum atomic E-state index is -1.14. The molecule has 0 aromatic heterocycles. The van der Waals surface area contributed by atoms with Crippen molar-refractivity contribution in [3.8, 4) is 0 Å². The van der Waals surface area contributed by atoms with E-state index >= 15 is 0 Å². The number of aliphatic carboxylic acids is 1. The Kier molecular flexibility index (Phi) is 6.84. The van der Waals surface area contributed by atoms with E-state index in [0.717, 1.165) is 10.5 Å². The molecule has 0 heterocycles. The minimum absolute atomic E-state index is 0.0120. The summed E-state index contributed by atoms with van der Waals surface area (Å²) < 4.78 is 5.00. The van der Waals surface area contributed by atoms with Crippen LogP contribution in [0.5, 0.6) is 0 Å². The molecule has 1 aromatic carbocycles. The van der Waals surface area contributed by atoms with Crippen molar-refractivity contribution >= 4 is 18.1 Å². The standard InChI is InChI=1S/C14H19N3O5/c15-11(12(18)19)7-4-8-17(13(16)20)14(21)22-9-10-5-2-1-3-6-10/h1-3,5-6,11H,4,7-9,15H2,(H2,16,20)(H,18,19)/t11-/m0/s1. The highest BCUT2D eigenvalue weighted by Gasteiger charge is 2.21. The molecule has 0 bridgehead atoms. The average molecular weight is 309 g/mol. The normalized spacial score (nSPS) is 11.5. The van der Waals surface area contributed by atoms with Crippen molar-refractivity contribution in [2.24, 2.45) is 11.5 Å². The van der Waals surface area contributed by atoms with E-state index < -0.39 is 24.1 Å². The lowest BCUT2D eigenvalue weighted by molar-refractivity contribution is -0.138. The molecule has 120 valence electrons. The molecule has 1 rings (SSSR count). The number of carboxylic acids is 1. The number of benzene rings is 1. The number of hydrogen-bond donors (Lipinski definition) is 3. The van der Waals surface area contributed by atoms with E-state index in [0.29, 0.717) is 0 Å². The molecule has 0 saturated heterocycles. The third kappa shape index (κ3) is 5.80. The Morgan fingerprint density at radius 2 is 1.86 bits per heavy atom. The van der Waals surface area contributed by atoms with Gasteiger partial charge in [-0.1, -0.05) is 30.3 Å². The van der Waals surface area contributed by atoms with Crippen LogP contribution in [0.2, 0.25) is 0 Å². The van der Waals surface area contributed by atoms with E-state index in [1.807, 2.05) is 6.07 Å². The summed E-state index contributed by atoms with van der Waals surface area (Å²) in [6.45, 7) is -0.0397. The van der Waals surface area contributed by atoms with Gasteiger partial charge in [0, 0.05) is 6.54 Å². The van der Waals surface area contributed by atoms with Crippen LogP contribution >= 0.6 is 0 Å². The number of imide groups is 1. The first kappa shape index (κ1) is 17.4. The van der Waals surface area contributed by atoms with Gasteiger partial charge in [0.15, 0.2) is 0 Å². The highest BCUT2D eigenvalue weighted by atomic mass is 16.6. The zero-order valence-corrected chi connectivity index (χ0v) is 12.0. The van der Waals surface area contributed by atoms with Crippen molar-refractivity contribution in [1.82, 2.24) is 4.90 Å². The summed E-state index contributed by atoms with van der Waals surface area (Å²) in [6.07, 6.45) is -0.540. The number of carbonyl (C=O) groups excluding carboxylic acids is 2. The van der Waals surface area contributed by atoms with E-state index in [1.54, 1.807) is 24.3 Å². The average Bonchev–Trinajstić information content (AvgIpc) is 2.49. The largest absolute Gasteiger partial charge is 0.480 e. The molecule has 3 amide bonds. The van der Waals surface area contributed by atoms with Gasteiger partial charge in [-0.05, 0) is 18.4 Å². The van der Waals surface area contributed by atoms with Gasteiger partial charge in [0.1, 0.15) is 12.6 Å². The molecule has 1 atom stereocenters. The minimum Gasteiger partial charge on any atom is -0.480 e. The van der Waals surface area contributed by atoms with E-state index in [9.17, 15) is 14.4 Å². The Labute approximate surface area is 127 Å². The van der Waals surface area contributed by atoms with Crippen LogP contribution in [0.1, 0.15) is 18.4 Å². The summed E-state index contributed by atoms with van der Waals surface area (Å²) >= 11 is 0. The Hall–Kier alpha value is -2.61. The Bertz CT molecular complexity index is 520. The van der Waals surface area contributed by atoms with Gasteiger partial charge >= 0.3 is 18.1 Å². The first-order valence-corrected chi connectivity index (χ1v) is 6.68. The first-order valence-electron chi connectivity index (χ1n) is 6.68. The predicted octanol–water partition coefficient (Wildman–Crippen LogP) is 0.896. The molecule has 0 radical (unpaired) electrons. The third-order valence-electron chi connectivity index (χ3n) is 2.91. The molecular weight excluding hydrogens is 290 g/mol. The summed E-state index contributed by atoms with van der Waals surface area (Å²) in [7, 11) is 0. The summed E-state index contributed by atoms with van der Waals surface area (Å²) in [5.74, 6) is -1.14. The molecule has 0 spiro atoms. The lowest BCUT2D eigenvalue weighted by Crippen LogP contribution is -2.42. The monoisotopic (exact) mass is 309 g/mol. The number of urea groups is 1. The lowest BCUT2D eigenvalue weighted by Gasteiger charge is -2.18. The predicted molar refractivity (Wildman–Crippen MR) is 77.8 cm³/mol. The molecule has 0 saturated carbocycles. The topological polar surface area (TPSA) is 136 Å². The molecule has 0 fully saturated rings. The van der Waals surface area contributed by atoms with Crippen molar-refractivity contribution in [2.45, 2.75) is 25.5 Å². The Morgan fingerprint density at radius 3 is 2.41 bits per heavy atom. The fourth-order valence-electron chi connectivity index (χ4n) is 1.68. The van der Waals surface area contributed by atoms with Crippen LogP contribution in [0.25, 0.3) is 0 Å². The lowest BCUT2D eigenvalue weighted by atomic mass is 10.1. The number of carboxylic acid groups (broad SMARTS) is 1. The molecule has 5 N–H and O–H groups in total. The summed E-state index contributed by atoms with van der Waals surface area (Å²) in [5.41, 5.74) is 11.2. The van der Waals surface area contributed by atoms with Crippen LogP contribution in [0.3, 0.4) is 0 Å². The fraction of sp³-hybridized carbons (Fsp3) is 0.357. The van der Waals surface area contributed by atoms with Crippen molar-refractivity contribution in [3.63, 3.8) is 0 Å². The Balaban J connectivity index is 2.46. The summed E-state index contributed by atoms with van der Waals surface area (Å²) in [6, 6.07) is 6.95. The van der Waals surface area contributed by atoms with Crippen molar-refractivity contribution in [3.05, 3.63) is 35.9 Å². The van der Waals surface area contributed by atoms with Crippen molar-refractivity contribution in [2.75, 3.05) is 6.54 Å². The van der Waals surface area contributed by atoms with Crippen molar-refractivity contribution < 1.29 is 24.2 Å². The van der Waals surface area contributed by atoms with Gasteiger partial charge in [-0.15, -0.1) is 0 Å². The second-order valence-corrected chi connectivity index (χ2v) is 4.62. The van der Waals surface area contributed by atoms with Crippen LogP contribution in [0.15, 0.2) is 30.3 Å². The Morgan fingerprint density at radius 1 is 1.23 bits per heavy atom. The van der Waals surface area contributed by atoms with Gasteiger partial charge in [-0.2, -0.15) is 0 Å². The van der Waals surface area contributed by atoms with Gasteiger partial charge < -0.3 is 21.3 Å². The zero-order chi connectivity index (χ0) is 16.5. The maximum absolute atomic E-state index is 11.8. The number of ether oxygens (including phenoxy) is 1. The van der Waals surface area contributed by atoms with Crippen LogP contribution in [0, 0.1) is 0 Å². The molecule has 0 aliphatic heterocycles. The van der Waals surface area contributed by atoms with E-state index in [4.69, 9.17) is 21.3 Å². The van der Waals surface area contributed by atoms with Gasteiger partial charge in [-0.3, -0.25) is 4.79 Å². The zero-order valence-electron chi connectivity index (χ0n) is 12.0. The van der Waals surface area contributed by atoms with Crippen molar-refractivity contribution in [1.29, 1.82) is 0 Å². The summed E-state index contributed by atoms with van der Waals surface area (Å²) in [4.78, 5) is 34.4. The molecule has 0 aliphatic carbocycles. The van der Waals surface area contributed by atoms with Gasteiger partial charge in [0.05, 0.1) is 0 Å². The maximum atomic E-state index is 11.8. The molecule has 8 heteroatoms. The fourth-order valence-corrected chi connectivity index (χ4v) is 1.68. The number of hydrogen-bond acceptors (Lipinski definition) is 5. The number of carbonyl (C=O) groups is 3. The number of primary amides is 1. The number of nitrogens with two attached hydrogens (primary N) is 2. The SMILES string of the molecule is NC(=O)N(CCC[C@H](N)C(=O)O)C(=O)OCc1ccccc1. The van der Waals surface area contributed by atoms with E-state index in [-0.39, 0.29) is 26.0 Å². The molecule has 22 heavy (non-hydrogen) atoms.